The summed E-state index contributed by atoms with van der Waals surface area (Å²) in [7, 11) is 0. The second kappa shape index (κ2) is 16.6. The monoisotopic (exact) mass is 753 g/mol. The van der Waals surface area contributed by atoms with E-state index >= 15 is 0 Å². The zero-order valence-corrected chi connectivity index (χ0v) is 31.4. The number of piperidine rings is 1. The third-order valence-electron chi connectivity index (χ3n) is 10.9. The molecule has 0 saturated carbocycles. The van der Waals surface area contributed by atoms with E-state index in [0.717, 1.165) is 56.4 Å². The molecule has 1 unspecified atom stereocenters. The van der Waals surface area contributed by atoms with Crippen LogP contribution in [-0.2, 0) is 20.5 Å². The van der Waals surface area contributed by atoms with Crippen molar-refractivity contribution in [3.05, 3.63) is 105 Å². The van der Waals surface area contributed by atoms with Crippen molar-refractivity contribution in [3.63, 3.8) is 0 Å². The van der Waals surface area contributed by atoms with Crippen LogP contribution in [-0.4, -0.2) is 110 Å². The van der Waals surface area contributed by atoms with Crippen LogP contribution in [0, 0.1) is 0 Å². The molecule has 1 N–H and O–H groups in total. The molecular weight excluding hydrogens is 709 g/mol. The van der Waals surface area contributed by atoms with E-state index in [1.807, 2.05) is 51.1 Å². The van der Waals surface area contributed by atoms with Crippen molar-refractivity contribution in [3.8, 4) is 0 Å². The maximum atomic E-state index is 13.7. The van der Waals surface area contributed by atoms with Gasteiger partial charge in [-0.15, -0.1) is 0 Å². The maximum Gasteiger partial charge on any atom is 0.320 e. The molecule has 6 rings (SSSR count). The van der Waals surface area contributed by atoms with Crippen molar-refractivity contribution in [2.75, 3.05) is 72.1 Å². The first-order valence-electron chi connectivity index (χ1n) is 17.8. The van der Waals surface area contributed by atoms with Gasteiger partial charge in [0.15, 0.2) is 0 Å². The molecular formula is C39H46Cl3N5O4. The molecule has 9 nitrogen and oxygen atoms in total. The van der Waals surface area contributed by atoms with E-state index in [0.29, 0.717) is 66.5 Å². The molecule has 12 heteroatoms. The van der Waals surface area contributed by atoms with Gasteiger partial charge in [0, 0.05) is 68.4 Å². The number of nitrogens with zero attached hydrogens (tertiary/aromatic N) is 4. The van der Waals surface area contributed by atoms with Crippen LogP contribution >= 0.6 is 34.8 Å². The first-order valence-corrected chi connectivity index (χ1v) is 19.0. The molecule has 0 bridgehead atoms. The molecule has 51 heavy (non-hydrogen) atoms. The van der Waals surface area contributed by atoms with E-state index in [2.05, 4.69) is 22.3 Å². The van der Waals surface area contributed by atoms with Gasteiger partial charge in [0.2, 0.25) is 0 Å². The third kappa shape index (κ3) is 8.83. The van der Waals surface area contributed by atoms with Crippen molar-refractivity contribution in [1.29, 1.82) is 0 Å². The van der Waals surface area contributed by atoms with Gasteiger partial charge in [-0.25, -0.2) is 4.79 Å². The maximum absolute atomic E-state index is 13.7. The number of benzene rings is 3. The molecule has 1 atom stereocenters. The quantitative estimate of drug-likeness (QED) is 0.232. The molecule has 0 aromatic heterocycles. The Kier molecular flexibility index (Phi) is 12.1. The van der Waals surface area contributed by atoms with Crippen LogP contribution in [0.4, 0.5) is 4.79 Å². The fourth-order valence-electron chi connectivity index (χ4n) is 7.79. The number of carbonyl (C=O) groups excluding carboxylic acids is 3. The average molecular weight is 755 g/mol. The van der Waals surface area contributed by atoms with Gasteiger partial charge in [0.25, 0.3) is 5.91 Å². The topological polar surface area (TPSA) is 85.4 Å². The number of carbonyl (C=O) groups is 3. The highest BCUT2D eigenvalue weighted by molar-refractivity contribution is 6.42. The summed E-state index contributed by atoms with van der Waals surface area (Å²) in [6, 6.07) is 23.1. The number of esters is 1. The van der Waals surface area contributed by atoms with Gasteiger partial charge in [-0.1, -0.05) is 71.2 Å². The molecule has 3 amide bonds. The second-order valence-electron chi connectivity index (χ2n) is 13.9. The lowest BCUT2D eigenvalue weighted by Crippen LogP contribution is -2.59. The van der Waals surface area contributed by atoms with Crippen molar-refractivity contribution in [2.24, 2.45) is 0 Å². The Hall–Kier alpha value is -3.34. The molecule has 0 radical (unpaired) electrons. The van der Waals surface area contributed by atoms with Gasteiger partial charge in [-0.05, 0) is 86.7 Å². The van der Waals surface area contributed by atoms with Gasteiger partial charge in [-0.3, -0.25) is 14.5 Å². The van der Waals surface area contributed by atoms with Crippen molar-refractivity contribution in [1.82, 2.24) is 24.9 Å². The van der Waals surface area contributed by atoms with E-state index in [1.54, 1.807) is 31.2 Å². The fourth-order valence-corrected chi connectivity index (χ4v) is 8.21. The summed E-state index contributed by atoms with van der Waals surface area (Å²) in [4.78, 5) is 47.6. The number of halogens is 3. The molecule has 3 saturated heterocycles. The van der Waals surface area contributed by atoms with Crippen molar-refractivity contribution < 1.29 is 19.1 Å². The van der Waals surface area contributed by atoms with Crippen molar-refractivity contribution in [2.45, 2.75) is 43.6 Å². The Morgan fingerprint density at radius 1 is 0.745 bits per heavy atom. The largest absolute Gasteiger partial charge is 0.465 e. The van der Waals surface area contributed by atoms with Crippen LogP contribution in [0.3, 0.4) is 0 Å². The molecule has 3 fully saturated rings. The SMILES string of the molecule is CCOC(=O)CN1CCN(C(=O)NC2(c3ccccc3)CCN(CCC3(c4ccc(Cl)c(Cl)c4)CCN(C(=O)c4ccc(Cl)cc4)C3)CC2)CC1. The molecule has 3 heterocycles. The summed E-state index contributed by atoms with van der Waals surface area (Å²) in [5.41, 5.74) is 2.05. The second-order valence-corrected chi connectivity index (χ2v) is 15.2. The Balaban J connectivity index is 1.12. The highest BCUT2D eigenvalue weighted by atomic mass is 35.5. The first-order chi connectivity index (χ1) is 24.6. The number of rotatable bonds is 10. The van der Waals surface area contributed by atoms with Crippen LogP contribution in [0.5, 0.6) is 0 Å². The van der Waals surface area contributed by atoms with Gasteiger partial charge in [0.1, 0.15) is 0 Å². The Bertz CT molecular complexity index is 1680. The number of hydrogen-bond acceptors (Lipinski definition) is 6. The van der Waals surface area contributed by atoms with E-state index in [9.17, 15) is 14.4 Å². The van der Waals surface area contributed by atoms with Crippen LogP contribution in [0.1, 0.15) is 54.1 Å². The number of ether oxygens (including phenoxy) is 1. The van der Waals surface area contributed by atoms with E-state index in [-0.39, 0.29) is 29.9 Å². The summed E-state index contributed by atoms with van der Waals surface area (Å²) in [5, 5.41) is 5.09. The lowest BCUT2D eigenvalue weighted by molar-refractivity contribution is -0.144. The molecule has 3 aliphatic heterocycles. The van der Waals surface area contributed by atoms with E-state index in [4.69, 9.17) is 39.5 Å². The summed E-state index contributed by atoms with van der Waals surface area (Å²) < 4.78 is 5.10. The molecule has 3 aromatic rings. The number of amides is 3. The van der Waals surface area contributed by atoms with Gasteiger partial charge >= 0.3 is 12.0 Å². The van der Waals surface area contributed by atoms with Gasteiger partial charge in [-0.2, -0.15) is 0 Å². The minimum Gasteiger partial charge on any atom is -0.465 e. The predicted octanol–water partition coefficient (Wildman–Crippen LogP) is 6.70. The highest BCUT2D eigenvalue weighted by Crippen LogP contribution is 2.41. The smallest absolute Gasteiger partial charge is 0.320 e. The Morgan fingerprint density at radius 2 is 1.45 bits per heavy atom. The van der Waals surface area contributed by atoms with Crippen LogP contribution in [0.25, 0.3) is 0 Å². The number of piperazine rings is 1. The zero-order valence-electron chi connectivity index (χ0n) is 29.1. The van der Waals surface area contributed by atoms with E-state index < -0.39 is 5.54 Å². The highest BCUT2D eigenvalue weighted by Gasteiger charge is 2.43. The molecule has 272 valence electrons. The molecule has 0 aliphatic carbocycles. The Labute approximate surface area is 315 Å². The number of hydrogen-bond donors (Lipinski definition) is 1. The summed E-state index contributed by atoms with van der Waals surface area (Å²) in [5.74, 6) is -0.236. The number of nitrogens with one attached hydrogen (secondary N) is 1. The zero-order chi connectivity index (χ0) is 36.0. The Morgan fingerprint density at radius 3 is 2.12 bits per heavy atom. The minimum absolute atomic E-state index is 0.00428. The standard InChI is InChI=1S/C39H46Cl3N5O4/c1-2-51-35(48)27-45-22-24-46(25-23-45)37(50)43-39(30-6-4-3-5-7-30)16-19-44(20-17-39)18-14-38(31-10-13-33(41)34(42)26-31)15-21-47(28-38)36(49)29-8-11-32(40)12-9-29/h3-13,26H,2,14-25,27-28H2,1H3,(H,43,50). The summed E-state index contributed by atoms with van der Waals surface area (Å²) >= 11 is 19.0. The predicted molar refractivity (Wildman–Crippen MR) is 202 cm³/mol. The van der Waals surface area contributed by atoms with Crippen molar-refractivity contribution >= 4 is 52.7 Å². The van der Waals surface area contributed by atoms with E-state index in [1.165, 1.54) is 0 Å². The number of urea groups is 1. The molecule has 0 spiro atoms. The molecule has 3 aliphatic rings. The lowest BCUT2D eigenvalue weighted by Gasteiger charge is -2.45. The van der Waals surface area contributed by atoms with Crippen LogP contribution in [0.15, 0.2) is 72.8 Å². The van der Waals surface area contributed by atoms with Crippen LogP contribution < -0.4 is 5.32 Å². The molecule has 3 aromatic carbocycles. The minimum atomic E-state index is -0.493. The van der Waals surface area contributed by atoms with Gasteiger partial charge < -0.3 is 24.8 Å². The lowest BCUT2D eigenvalue weighted by atomic mass is 9.76. The van der Waals surface area contributed by atoms with Crippen LogP contribution in [0.2, 0.25) is 15.1 Å². The number of likely N-dealkylation sites (tertiary alicyclic amines) is 2. The fraction of sp³-hybridized carbons (Fsp3) is 0.462. The average Bonchev–Trinajstić information content (AvgIpc) is 3.59. The van der Waals surface area contributed by atoms with Gasteiger partial charge in [0.05, 0.1) is 28.7 Å². The normalized spacial score (nSPS) is 21.0. The summed E-state index contributed by atoms with van der Waals surface area (Å²) in [6.07, 6.45) is 3.20. The summed E-state index contributed by atoms with van der Waals surface area (Å²) in [6.45, 7) is 8.46. The first kappa shape index (κ1) is 37.4. The third-order valence-corrected chi connectivity index (χ3v) is 11.9.